The van der Waals surface area contributed by atoms with Crippen molar-refractivity contribution in [1.29, 1.82) is 0 Å². The van der Waals surface area contributed by atoms with Gasteiger partial charge in [0.05, 0.1) is 34.0 Å². The standard InChI is InChI=1S/C16H20O5/c1-10(2)7-8-11-12(18-3)9-13(19-4)14(15(11)20-5)16(17)21-6/h7-9H,1H2,2-6H3/b8-7+. The van der Waals surface area contributed by atoms with E-state index in [2.05, 4.69) is 6.58 Å². The highest BCUT2D eigenvalue weighted by Crippen LogP contribution is 2.40. The van der Waals surface area contributed by atoms with Crippen LogP contribution in [0.15, 0.2) is 24.3 Å². The third-order valence-electron chi connectivity index (χ3n) is 2.81. The number of carbonyl (C=O) groups excluding carboxylic acids is 1. The summed E-state index contributed by atoms with van der Waals surface area (Å²) in [5.41, 5.74) is 1.68. The lowest BCUT2D eigenvalue weighted by Gasteiger charge is -2.17. The smallest absolute Gasteiger partial charge is 0.345 e. The molecular formula is C16H20O5. The average molecular weight is 292 g/mol. The second-order valence-electron chi connectivity index (χ2n) is 4.27. The minimum Gasteiger partial charge on any atom is -0.496 e. The van der Waals surface area contributed by atoms with Gasteiger partial charge in [0.1, 0.15) is 22.8 Å². The first-order valence-corrected chi connectivity index (χ1v) is 6.25. The van der Waals surface area contributed by atoms with Crippen LogP contribution in [0.1, 0.15) is 22.8 Å². The molecule has 0 aliphatic heterocycles. The summed E-state index contributed by atoms with van der Waals surface area (Å²) in [6, 6.07) is 1.62. The molecular weight excluding hydrogens is 272 g/mol. The van der Waals surface area contributed by atoms with Gasteiger partial charge in [0.25, 0.3) is 0 Å². The number of methoxy groups -OCH3 is 4. The first-order chi connectivity index (χ1) is 9.99. The molecule has 0 fully saturated rings. The number of esters is 1. The Kier molecular flexibility index (Phi) is 5.84. The summed E-state index contributed by atoms with van der Waals surface area (Å²) in [6.45, 7) is 5.67. The summed E-state index contributed by atoms with van der Waals surface area (Å²) in [7, 11) is 5.77. The maximum atomic E-state index is 12.0. The number of rotatable bonds is 6. The monoisotopic (exact) mass is 292 g/mol. The predicted molar refractivity (Wildman–Crippen MR) is 81.3 cm³/mol. The number of ether oxygens (including phenoxy) is 4. The zero-order valence-corrected chi connectivity index (χ0v) is 13.0. The van der Waals surface area contributed by atoms with E-state index in [1.807, 2.05) is 6.92 Å². The van der Waals surface area contributed by atoms with Crippen molar-refractivity contribution in [1.82, 2.24) is 0 Å². The van der Waals surface area contributed by atoms with Crippen molar-refractivity contribution in [3.8, 4) is 17.2 Å². The maximum absolute atomic E-state index is 12.0. The molecule has 0 atom stereocenters. The van der Waals surface area contributed by atoms with E-state index in [0.717, 1.165) is 5.57 Å². The van der Waals surface area contributed by atoms with Gasteiger partial charge in [-0.05, 0) is 13.0 Å². The molecule has 0 amide bonds. The van der Waals surface area contributed by atoms with Crippen LogP contribution >= 0.6 is 0 Å². The second-order valence-corrected chi connectivity index (χ2v) is 4.27. The van der Waals surface area contributed by atoms with Crippen LogP contribution in [0.5, 0.6) is 17.2 Å². The summed E-state index contributed by atoms with van der Waals surface area (Å²) < 4.78 is 20.7. The first-order valence-electron chi connectivity index (χ1n) is 6.25. The van der Waals surface area contributed by atoms with Crippen molar-refractivity contribution >= 4 is 12.0 Å². The summed E-state index contributed by atoms with van der Waals surface area (Å²) in [5.74, 6) is 0.628. The largest absolute Gasteiger partial charge is 0.496 e. The molecule has 0 aliphatic rings. The molecule has 0 bridgehead atoms. The summed E-state index contributed by atoms with van der Waals surface area (Å²) in [4.78, 5) is 12.0. The van der Waals surface area contributed by atoms with Gasteiger partial charge in [-0.1, -0.05) is 18.2 Å². The fourth-order valence-electron chi connectivity index (χ4n) is 1.85. The van der Waals surface area contributed by atoms with E-state index in [0.29, 0.717) is 22.8 Å². The van der Waals surface area contributed by atoms with E-state index >= 15 is 0 Å². The number of allylic oxidation sites excluding steroid dienone is 2. The van der Waals surface area contributed by atoms with Gasteiger partial charge in [-0.25, -0.2) is 4.79 Å². The third kappa shape index (κ3) is 3.56. The van der Waals surface area contributed by atoms with Crippen LogP contribution in [0.4, 0.5) is 0 Å². The number of benzene rings is 1. The molecule has 0 saturated carbocycles. The SMILES string of the molecule is C=C(C)/C=C/c1c(OC)cc(OC)c(C(=O)OC)c1OC. The number of hydrogen-bond acceptors (Lipinski definition) is 5. The molecule has 5 heteroatoms. The van der Waals surface area contributed by atoms with Gasteiger partial charge in [-0.2, -0.15) is 0 Å². The van der Waals surface area contributed by atoms with E-state index in [1.165, 1.54) is 28.4 Å². The third-order valence-corrected chi connectivity index (χ3v) is 2.81. The van der Waals surface area contributed by atoms with E-state index in [9.17, 15) is 4.79 Å². The van der Waals surface area contributed by atoms with Crippen LogP contribution in [-0.4, -0.2) is 34.4 Å². The van der Waals surface area contributed by atoms with Crippen LogP contribution in [0.25, 0.3) is 6.08 Å². The van der Waals surface area contributed by atoms with Gasteiger partial charge in [-0.15, -0.1) is 0 Å². The van der Waals surface area contributed by atoms with E-state index in [-0.39, 0.29) is 5.56 Å². The molecule has 21 heavy (non-hydrogen) atoms. The lowest BCUT2D eigenvalue weighted by molar-refractivity contribution is 0.0593. The zero-order valence-electron chi connectivity index (χ0n) is 13.0. The summed E-state index contributed by atoms with van der Waals surface area (Å²) in [6.07, 6.45) is 3.57. The van der Waals surface area contributed by atoms with Crippen molar-refractivity contribution in [2.24, 2.45) is 0 Å². The van der Waals surface area contributed by atoms with Gasteiger partial charge in [0, 0.05) is 6.07 Å². The zero-order chi connectivity index (χ0) is 16.0. The highest BCUT2D eigenvalue weighted by Gasteiger charge is 2.24. The normalized spacial score (nSPS) is 10.3. The Morgan fingerprint density at radius 2 is 1.71 bits per heavy atom. The lowest BCUT2D eigenvalue weighted by Crippen LogP contribution is -2.09. The molecule has 5 nitrogen and oxygen atoms in total. The van der Waals surface area contributed by atoms with Gasteiger partial charge in [0.2, 0.25) is 0 Å². The van der Waals surface area contributed by atoms with Crippen molar-refractivity contribution in [2.75, 3.05) is 28.4 Å². The molecule has 0 saturated heterocycles. The predicted octanol–water partition coefficient (Wildman–Crippen LogP) is 3.09. The van der Waals surface area contributed by atoms with Crippen LogP contribution in [0, 0.1) is 0 Å². The minimum absolute atomic E-state index is 0.213. The van der Waals surface area contributed by atoms with E-state index in [4.69, 9.17) is 18.9 Å². The molecule has 1 rings (SSSR count). The maximum Gasteiger partial charge on any atom is 0.345 e. The van der Waals surface area contributed by atoms with Crippen molar-refractivity contribution in [3.63, 3.8) is 0 Å². The van der Waals surface area contributed by atoms with Crippen molar-refractivity contribution < 1.29 is 23.7 Å². The second kappa shape index (κ2) is 7.38. The van der Waals surface area contributed by atoms with Crippen LogP contribution in [0.3, 0.4) is 0 Å². The Hall–Kier alpha value is -2.43. The molecule has 0 heterocycles. The molecule has 0 spiro atoms. The summed E-state index contributed by atoms with van der Waals surface area (Å²) in [5, 5.41) is 0. The highest BCUT2D eigenvalue weighted by molar-refractivity contribution is 5.98. The molecule has 1 aromatic rings. The molecule has 0 radical (unpaired) electrons. The number of hydrogen-bond donors (Lipinski definition) is 0. The van der Waals surface area contributed by atoms with Crippen LogP contribution < -0.4 is 14.2 Å². The summed E-state index contributed by atoms with van der Waals surface area (Å²) >= 11 is 0. The van der Waals surface area contributed by atoms with Crippen LogP contribution in [-0.2, 0) is 4.74 Å². The quantitative estimate of drug-likeness (QED) is 0.595. The molecule has 1 aromatic carbocycles. The Balaban J connectivity index is 3.67. The minimum atomic E-state index is -0.545. The lowest BCUT2D eigenvalue weighted by atomic mass is 10.0. The molecule has 0 N–H and O–H groups in total. The molecule has 114 valence electrons. The Morgan fingerprint density at radius 1 is 1.10 bits per heavy atom. The fraction of sp³-hybridized carbons (Fsp3) is 0.312. The molecule has 0 unspecified atom stereocenters. The topological polar surface area (TPSA) is 54.0 Å². The fourth-order valence-corrected chi connectivity index (χ4v) is 1.85. The average Bonchev–Trinajstić information content (AvgIpc) is 2.50. The van der Waals surface area contributed by atoms with Gasteiger partial charge in [0.15, 0.2) is 0 Å². The van der Waals surface area contributed by atoms with Gasteiger partial charge in [-0.3, -0.25) is 0 Å². The van der Waals surface area contributed by atoms with E-state index in [1.54, 1.807) is 18.2 Å². The Morgan fingerprint density at radius 3 is 2.14 bits per heavy atom. The molecule has 0 aliphatic carbocycles. The Bertz CT molecular complexity index is 573. The van der Waals surface area contributed by atoms with Crippen LogP contribution in [0.2, 0.25) is 0 Å². The molecule has 0 aromatic heterocycles. The number of carbonyl (C=O) groups is 1. The van der Waals surface area contributed by atoms with Crippen molar-refractivity contribution in [3.05, 3.63) is 35.4 Å². The van der Waals surface area contributed by atoms with Gasteiger partial charge >= 0.3 is 5.97 Å². The Labute approximate surface area is 124 Å². The van der Waals surface area contributed by atoms with E-state index < -0.39 is 5.97 Å². The van der Waals surface area contributed by atoms with Crippen molar-refractivity contribution in [2.45, 2.75) is 6.92 Å². The highest BCUT2D eigenvalue weighted by atomic mass is 16.5. The first kappa shape index (κ1) is 16.6. The van der Waals surface area contributed by atoms with Gasteiger partial charge < -0.3 is 18.9 Å².